The van der Waals surface area contributed by atoms with Gasteiger partial charge in [-0.2, -0.15) is 0 Å². The molecular formula is C25H23N7O4. The van der Waals surface area contributed by atoms with Gasteiger partial charge in [0.2, 0.25) is 0 Å². The second-order valence-corrected chi connectivity index (χ2v) is 8.46. The van der Waals surface area contributed by atoms with E-state index in [0.29, 0.717) is 29.1 Å². The van der Waals surface area contributed by atoms with Crippen molar-refractivity contribution < 1.29 is 10.0 Å². The molecule has 5 aromatic rings. The number of nitro benzene ring substituents is 1. The van der Waals surface area contributed by atoms with Crippen molar-refractivity contribution in [2.24, 2.45) is 0 Å². The van der Waals surface area contributed by atoms with Gasteiger partial charge in [0.05, 0.1) is 40.6 Å². The Morgan fingerprint density at radius 2 is 2.11 bits per heavy atom. The van der Waals surface area contributed by atoms with Crippen molar-refractivity contribution in [3.63, 3.8) is 0 Å². The molecule has 0 aliphatic rings. The summed E-state index contributed by atoms with van der Waals surface area (Å²) in [5.41, 5.74) is 4.44. The molecule has 0 fully saturated rings. The number of nitrogens with one attached hydrogen (secondary N) is 3. The summed E-state index contributed by atoms with van der Waals surface area (Å²) in [6.07, 6.45) is 7.08. The van der Waals surface area contributed by atoms with E-state index in [2.05, 4.69) is 20.3 Å². The summed E-state index contributed by atoms with van der Waals surface area (Å²) >= 11 is 0. The fraction of sp³-hybridized carbons (Fsp3) is 0.160. The average molecular weight is 486 g/mol. The Hall–Kier alpha value is -4.77. The first-order valence-corrected chi connectivity index (χ1v) is 11.2. The molecule has 3 aromatic heterocycles. The average Bonchev–Trinajstić information content (AvgIpc) is 3.54. The summed E-state index contributed by atoms with van der Waals surface area (Å²) in [5.74, 6) is 0.382. The van der Waals surface area contributed by atoms with Gasteiger partial charge in [-0.1, -0.05) is 12.1 Å². The lowest BCUT2D eigenvalue weighted by atomic mass is 10.0. The van der Waals surface area contributed by atoms with Crippen LogP contribution in [0.5, 0.6) is 0 Å². The van der Waals surface area contributed by atoms with E-state index in [4.69, 9.17) is 4.98 Å². The fourth-order valence-electron chi connectivity index (χ4n) is 4.25. The first-order chi connectivity index (χ1) is 17.4. The number of imidazole rings is 2. The topological polar surface area (TPSA) is 155 Å². The zero-order chi connectivity index (χ0) is 25.2. The molecule has 0 saturated carbocycles. The molecule has 0 radical (unpaired) electrons. The number of benzene rings is 2. The highest BCUT2D eigenvalue weighted by molar-refractivity contribution is 5.86. The summed E-state index contributed by atoms with van der Waals surface area (Å²) < 4.78 is 1.88. The van der Waals surface area contributed by atoms with E-state index in [0.717, 1.165) is 22.3 Å². The van der Waals surface area contributed by atoms with Crippen molar-refractivity contribution in [1.82, 2.24) is 24.5 Å². The SMILES string of the molecule is Cc1cc(-n2ccnc2)cc2[nH]c(-c3c(NC(CO)Cc4cccc([N+](=O)[O-])c4)cc[nH]c3=O)nc12. The predicted molar refractivity (Wildman–Crippen MR) is 135 cm³/mol. The highest BCUT2D eigenvalue weighted by Crippen LogP contribution is 2.28. The van der Waals surface area contributed by atoms with E-state index < -0.39 is 11.0 Å². The van der Waals surface area contributed by atoms with Gasteiger partial charge in [-0.15, -0.1) is 0 Å². The summed E-state index contributed by atoms with van der Waals surface area (Å²) in [4.78, 5) is 38.3. The van der Waals surface area contributed by atoms with Crippen molar-refractivity contribution in [2.45, 2.75) is 19.4 Å². The minimum Gasteiger partial charge on any atom is -0.394 e. The number of non-ortho nitro benzene ring substituents is 1. The standard InChI is InChI=1S/C25H23N7O4/c1-15-9-19(31-8-7-26-14-31)12-21-23(15)30-24(29-21)22-20(5-6-27-25(22)34)28-17(13-33)10-16-3-2-4-18(11-16)32(35)36/h2-9,11-12,14,17,33H,10,13H2,1H3,(H,29,30)(H2,27,28,34). The Morgan fingerprint density at radius 3 is 2.86 bits per heavy atom. The Labute approximate surface area is 204 Å². The van der Waals surface area contributed by atoms with Crippen molar-refractivity contribution in [1.29, 1.82) is 0 Å². The lowest BCUT2D eigenvalue weighted by Gasteiger charge is -2.19. The molecule has 0 aliphatic carbocycles. The monoisotopic (exact) mass is 485 g/mol. The Morgan fingerprint density at radius 1 is 1.25 bits per heavy atom. The molecule has 1 unspecified atom stereocenters. The maximum absolute atomic E-state index is 12.9. The van der Waals surface area contributed by atoms with Crippen LogP contribution in [0.15, 0.2) is 72.2 Å². The molecule has 5 rings (SSSR count). The van der Waals surface area contributed by atoms with Crippen LogP contribution in [0.25, 0.3) is 28.1 Å². The molecule has 11 heteroatoms. The second kappa shape index (κ2) is 9.47. The number of H-pyrrole nitrogens is 2. The van der Waals surface area contributed by atoms with Gasteiger partial charge in [-0.3, -0.25) is 14.9 Å². The summed E-state index contributed by atoms with van der Waals surface area (Å²) in [6, 6.07) is 11.4. The number of hydrogen-bond acceptors (Lipinski definition) is 7. The third kappa shape index (κ3) is 4.46. The molecule has 0 saturated heterocycles. The number of aromatic nitrogens is 5. The number of nitrogens with zero attached hydrogens (tertiary/aromatic N) is 4. The van der Waals surface area contributed by atoms with Gasteiger partial charge in [-0.25, -0.2) is 9.97 Å². The van der Waals surface area contributed by atoms with Crippen molar-refractivity contribution in [3.8, 4) is 17.1 Å². The van der Waals surface area contributed by atoms with Gasteiger partial charge < -0.3 is 25.0 Å². The highest BCUT2D eigenvalue weighted by atomic mass is 16.6. The first kappa shape index (κ1) is 23.0. The van der Waals surface area contributed by atoms with Crippen LogP contribution in [0.4, 0.5) is 11.4 Å². The Kier molecular flexibility index (Phi) is 6.05. The molecular weight excluding hydrogens is 462 g/mol. The lowest BCUT2D eigenvalue weighted by Crippen LogP contribution is -2.28. The third-order valence-corrected chi connectivity index (χ3v) is 5.95. The van der Waals surface area contributed by atoms with E-state index in [1.807, 2.05) is 29.8 Å². The van der Waals surface area contributed by atoms with Crippen LogP contribution in [0.1, 0.15) is 11.1 Å². The zero-order valence-corrected chi connectivity index (χ0v) is 19.3. The molecule has 0 bridgehead atoms. The van der Waals surface area contributed by atoms with Crippen LogP contribution in [-0.2, 0) is 6.42 Å². The van der Waals surface area contributed by atoms with E-state index in [1.54, 1.807) is 30.7 Å². The van der Waals surface area contributed by atoms with Crippen molar-refractivity contribution >= 4 is 22.4 Å². The largest absolute Gasteiger partial charge is 0.394 e. The number of anilines is 1. The van der Waals surface area contributed by atoms with Crippen LogP contribution in [0.2, 0.25) is 0 Å². The third-order valence-electron chi connectivity index (χ3n) is 5.95. The van der Waals surface area contributed by atoms with Crippen LogP contribution in [0, 0.1) is 17.0 Å². The van der Waals surface area contributed by atoms with Gasteiger partial charge in [-0.05, 0) is 42.7 Å². The van der Waals surface area contributed by atoms with Crippen LogP contribution >= 0.6 is 0 Å². The number of aliphatic hydroxyl groups is 1. The molecule has 0 spiro atoms. The number of hydrogen-bond donors (Lipinski definition) is 4. The number of aryl methyl sites for hydroxylation is 1. The predicted octanol–water partition coefficient (Wildman–Crippen LogP) is 3.34. The molecule has 3 heterocycles. The fourth-order valence-corrected chi connectivity index (χ4v) is 4.25. The minimum absolute atomic E-state index is 0.0197. The molecule has 1 atom stereocenters. The molecule has 11 nitrogen and oxygen atoms in total. The molecule has 2 aromatic carbocycles. The summed E-state index contributed by atoms with van der Waals surface area (Å²) in [7, 11) is 0. The van der Waals surface area contributed by atoms with Gasteiger partial charge in [0.1, 0.15) is 11.4 Å². The quantitative estimate of drug-likeness (QED) is 0.194. The van der Waals surface area contributed by atoms with Crippen molar-refractivity contribution in [2.75, 3.05) is 11.9 Å². The van der Waals surface area contributed by atoms with Crippen LogP contribution < -0.4 is 10.9 Å². The smallest absolute Gasteiger partial charge is 0.269 e. The number of fused-ring (bicyclic) bond motifs is 1. The van der Waals surface area contributed by atoms with Crippen LogP contribution in [-0.4, -0.2) is 47.2 Å². The summed E-state index contributed by atoms with van der Waals surface area (Å²) in [5, 5.41) is 24.3. The van der Waals surface area contributed by atoms with Gasteiger partial charge in [0.15, 0.2) is 0 Å². The zero-order valence-electron chi connectivity index (χ0n) is 19.3. The van der Waals surface area contributed by atoms with E-state index in [9.17, 15) is 20.0 Å². The first-order valence-electron chi connectivity index (χ1n) is 11.2. The number of rotatable bonds is 8. The minimum atomic E-state index is -0.494. The maximum Gasteiger partial charge on any atom is 0.269 e. The second-order valence-electron chi connectivity index (χ2n) is 8.46. The maximum atomic E-state index is 12.9. The lowest BCUT2D eigenvalue weighted by molar-refractivity contribution is -0.384. The van der Waals surface area contributed by atoms with E-state index in [1.165, 1.54) is 18.3 Å². The molecule has 182 valence electrons. The summed E-state index contributed by atoms with van der Waals surface area (Å²) in [6.45, 7) is 1.70. The van der Waals surface area contributed by atoms with E-state index in [-0.39, 0.29) is 17.9 Å². The normalized spacial score (nSPS) is 12.1. The van der Waals surface area contributed by atoms with Crippen LogP contribution in [0.3, 0.4) is 0 Å². The number of aliphatic hydroxyl groups excluding tert-OH is 1. The van der Waals surface area contributed by atoms with Gasteiger partial charge in [0, 0.05) is 36.4 Å². The molecule has 0 amide bonds. The molecule has 36 heavy (non-hydrogen) atoms. The number of aromatic amines is 2. The van der Waals surface area contributed by atoms with Crippen molar-refractivity contribution in [3.05, 3.63) is 99.0 Å². The Bertz CT molecular complexity index is 1600. The number of nitro groups is 1. The Balaban J connectivity index is 1.49. The molecule has 0 aliphatic heterocycles. The van der Waals surface area contributed by atoms with E-state index >= 15 is 0 Å². The van der Waals surface area contributed by atoms with Gasteiger partial charge in [0.25, 0.3) is 11.2 Å². The van der Waals surface area contributed by atoms with Gasteiger partial charge >= 0.3 is 0 Å². The molecule has 4 N–H and O–H groups in total. The number of pyridine rings is 1. The highest BCUT2D eigenvalue weighted by Gasteiger charge is 2.19.